The molecule has 74 valence electrons. The Bertz CT molecular complexity index is 280. The molecule has 0 aromatic carbocycles. The summed E-state index contributed by atoms with van der Waals surface area (Å²) in [5.74, 6) is -2.83. The van der Waals surface area contributed by atoms with Crippen LogP contribution in [0.4, 0.5) is 8.78 Å². The lowest BCUT2D eigenvalue weighted by molar-refractivity contribution is 0.0132. The average molecular weight is 206 g/mol. The van der Waals surface area contributed by atoms with Gasteiger partial charge in [0.2, 0.25) is 0 Å². The molecule has 1 aromatic rings. The minimum Gasteiger partial charge on any atom is -0.311 e. The van der Waals surface area contributed by atoms with Gasteiger partial charge in [-0.1, -0.05) is 0 Å². The van der Waals surface area contributed by atoms with E-state index in [0.717, 1.165) is 6.92 Å². The molecule has 0 amide bonds. The lowest BCUT2D eigenvalue weighted by Gasteiger charge is -2.07. The maximum absolute atomic E-state index is 12.8. The van der Waals surface area contributed by atoms with Crippen molar-refractivity contribution in [2.75, 3.05) is 7.05 Å². The van der Waals surface area contributed by atoms with Crippen molar-refractivity contribution in [3.8, 4) is 0 Å². The summed E-state index contributed by atoms with van der Waals surface area (Å²) in [7, 11) is 1.77. The van der Waals surface area contributed by atoms with E-state index in [1.807, 2.05) is 6.92 Å². The smallest absolute Gasteiger partial charge is 0.287 e. The van der Waals surface area contributed by atoms with Crippen molar-refractivity contribution in [2.24, 2.45) is 0 Å². The van der Waals surface area contributed by atoms with Gasteiger partial charge >= 0.3 is 0 Å². The molecule has 1 N–H and O–H groups in total. The van der Waals surface area contributed by atoms with Crippen molar-refractivity contribution in [2.45, 2.75) is 25.8 Å². The Balaban J connectivity index is 2.87. The molecule has 1 atom stereocenters. The van der Waals surface area contributed by atoms with Crippen molar-refractivity contribution in [1.82, 2.24) is 10.3 Å². The maximum atomic E-state index is 12.8. The molecule has 0 fully saturated rings. The van der Waals surface area contributed by atoms with Crippen molar-refractivity contribution in [3.05, 3.63) is 16.1 Å². The predicted octanol–water partition coefficient (Wildman–Crippen LogP) is 2.54. The number of nitrogens with zero attached hydrogens (tertiary/aromatic N) is 1. The van der Waals surface area contributed by atoms with Crippen molar-refractivity contribution in [3.63, 3.8) is 0 Å². The van der Waals surface area contributed by atoms with Gasteiger partial charge in [0.15, 0.2) is 0 Å². The molecule has 0 aliphatic heterocycles. The van der Waals surface area contributed by atoms with Crippen LogP contribution < -0.4 is 5.32 Å². The second kappa shape index (κ2) is 3.67. The first-order valence-electron chi connectivity index (χ1n) is 3.96. The van der Waals surface area contributed by atoms with Gasteiger partial charge in [-0.3, -0.25) is 0 Å². The molecule has 0 saturated heterocycles. The quantitative estimate of drug-likeness (QED) is 0.822. The highest BCUT2D eigenvalue weighted by molar-refractivity contribution is 7.09. The van der Waals surface area contributed by atoms with Crippen LogP contribution in [-0.4, -0.2) is 12.0 Å². The van der Waals surface area contributed by atoms with E-state index >= 15 is 0 Å². The molecule has 0 aliphatic rings. The molecule has 1 unspecified atom stereocenters. The highest BCUT2D eigenvalue weighted by atomic mass is 32.1. The SMILES string of the molecule is CNC(C)c1nc(C(C)(F)F)cs1. The molecule has 2 nitrogen and oxygen atoms in total. The number of halogens is 2. The Labute approximate surface area is 80.0 Å². The zero-order valence-corrected chi connectivity index (χ0v) is 8.58. The van der Waals surface area contributed by atoms with E-state index in [4.69, 9.17) is 0 Å². The predicted molar refractivity (Wildman–Crippen MR) is 49.2 cm³/mol. The molecular weight excluding hydrogens is 194 g/mol. The van der Waals surface area contributed by atoms with Crippen LogP contribution in [0.25, 0.3) is 0 Å². The number of hydrogen-bond donors (Lipinski definition) is 1. The van der Waals surface area contributed by atoms with Crippen LogP contribution in [0.2, 0.25) is 0 Å². The molecule has 0 aliphatic carbocycles. The number of alkyl halides is 2. The summed E-state index contributed by atoms with van der Waals surface area (Å²) in [4.78, 5) is 3.86. The number of thiazole rings is 1. The molecule has 1 rings (SSSR count). The van der Waals surface area contributed by atoms with Gasteiger partial charge in [-0.05, 0) is 14.0 Å². The van der Waals surface area contributed by atoms with Crippen LogP contribution >= 0.6 is 11.3 Å². The number of nitrogens with one attached hydrogen (secondary N) is 1. The van der Waals surface area contributed by atoms with E-state index in [0.29, 0.717) is 5.01 Å². The summed E-state index contributed by atoms with van der Waals surface area (Å²) < 4.78 is 25.5. The summed E-state index contributed by atoms with van der Waals surface area (Å²) >= 11 is 1.26. The molecule has 1 heterocycles. The Morgan fingerprint density at radius 2 is 2.23 bits per heavy atom. The summed E-state index contributed by atoms with van der Waals surface area (Å²) in [6.07, 6.45) is 0. The number of rotatable bonds is 3. The lowest BCUT2D eigenvalue weighted by atomic mass is 10.3. The van der Waals surface area contributed by atoms with Crippen LogP contribution in [0.15, 0.2) is 5.38 Å². The summed E-state index contributed by atoms with van der Waals surface area (Å²) in [6.45, 7) is 2.74. The van der Waals surface area contributed by atoms with Gasteiger partial charge in [-0.15, -0.1) is 11.3 Å². The van der Waals surface area contributed by atoms with E-state index in [1.165, 1.54) is 16.7 Å². The topological polar surface area (TPSA) is 24.9 Å². The fraction of sp³-hybridized carbons (Fsp3) is 0.625. The Morgan fingerprint density at radius 3 is 2.62 bits per heavy atom. The highest BCUT2D eigenvalue weighted by Gasteiger charge is 2.28. The highest BCUT2D eigenvalue weighted by Crippen LogP contribution is 2.29. The second-order valence-corrected chi connectivity index (χ2v) is 3.86. The van der Waals surface area contributed by atoms with Crippen LogP contribution in [0, 0.1) is 0 Å². The average Bonchev–Trinajstić information content (AvgIpc) is 2.50. The zero-order valence-electron chi connectivity index (χ0n) is 7.77. The van der Waals surface area contributed by atoms with Gasteiger partial charge in [-0.25, -0.2) is 4.98 Å². The van der Waals surface area contributed by atoms with E-state index in [2.05, 4.69) is 10.3 Å². The van der Waals surface area contributed by atoms with E-state index in [9.17, 15) is 8.78 Å². The lowest BCUT2D eigenvalue weighted by Crippen LogP contribution is -2.13. The third-order valence-electron chi connectivity index (χ3n) is 1.78. The Kier molecular flexibility index (Phi) is 2.98. The standard InChI is InChI=1S/C8H12F2N2S/c1-5(11-3)7-12-6(4-13-7)8(2,9)10/h4-5,11H,1-3H3. The van der Waals surface area contributed by atoms with Crippen molar-refractivity contribution >= 4 is 11.3 Å². The van der Waals surface area contributed by atoms with Crippen LogP contribution in [0.5, 0.6) is 0 Å². The van der Waals surface area contributed by atoms with Gasteiger partial charge < -0.3 is 5.32 Å². The van der Waals surface area contributed by atoms with Gasteiger partial charge in [0.1, 0.15) is 10.7 Å². The largest absolute Gasteiger partial charge is 0.311 e. The third-order valence-corrected chi connectivity index (χ3v) is 2.80. The molecular formula is C8H12F2N2S. The molecule has 0 radical (unpaired) electrons. The molecule has 0 spiro atoms. The minimum absolute atomic E-state index is 0.0288. The molecule has 13 heavy (non-hydrogen) atoms. The summed E-state index contributed by atoms with van der Waals surface area (Å²) in [5, 5.41) is 5.05. The normalized spacial score (nSPS) is 14.5. The Hall–Kier alpha value is -0.550. The minimum atomic E-state index is -2.83. The number of aromatic nitrogens is 1. The van der Waals surface area contributed by atoms with Gasteiger partial charge in [0.05, 0.1) is 6.04 Å². The van der Waals surface area contributed by atoms with Crippen molar-refractivity contribution < 1.29 is 8.78 Å². The van der Waals surface area contributed by atoms with Crippen LogP contribution in [-0.2, 0) is 5.92 Å². The summed E-state index contributed by atoms with van der Waals surface area (Å²) in [5.41, 5.74) is -0.144. The van der Waals surface area contributed by atoms with Gasteiger partial charge in [0.25, 0.3) is 5.92 Å². The van der Waals surface area contributed by atoms with Crippen LogP contribution in [0.3, 0.4) is 0 Å². The number of hydrogen-bond acceptors (Lipinski definition) is 3. The molecule has 1 aromatic heterocycles. The Morgan fingerprint density at radius 1 is 1.62 bits per heavy atom. The second-order valence-electron chi connectivity index (χ2n) is 2.97. The van der Waals surface area contributed by atoms with E-state index in [-0.39, 0.29) is 11.7 Å². The zero-order chi connectivity index (χ0) is 10.1. The van der Waals surface area contributed by atoms with Crippen LogP contribution in [0.1, 0.15) is 30.6 Å². The van der Waals surface area contributed by atoms with Gasteiger partial charge in [0, 0.05) is 12.3 Å². The maximum Gasteiger partial charge on any atom is 0.287 e. The summed E-state index contributed by atoms with van der Waals surface area (Å²) in [6, 6.07) is 0.0288. The first kappa shape index (κ1) is 10.5. The fourth-order valence-electron chi connectivity index (χ4n) is 0.812. The molecule has 0 saturated carbocycles. The monoisotopic (exact) mass is 206 g/mol. The van der Waals surface area contributed by atoms with Gasteiger partial charge in [-0.2, -0.15) is 8.78 Å². The first-order chi connectivity index (χ1) is 5.95. The van der Waals surface area contributed by atoms with E-state index in [1.54, 1.807) is 7.05 Å². The molecule has 5 heteroatoms. The fourth-order valence-corrected chi connectivity index (χ4v) is 1.78. The van der Waals surface area contributed by atoms with Crippen molar-refractivity contribution in [1.29, 1.82) is 0 Å². The third kappa shape index (κ3) is 2.45. The molecule has 0 bridgehead atoms. The first-order valence-corrected chi connectivity index (χ1v) is 4.84. The van der Waals surface area contributed by atoms with E-state index < -0.39 is 5.92 Å².